The third-order valence-corrected chi connectivity index (χ3v) is 5.95. The van der Waals surface area contributed by atoms with Gasteiger partial charge >= 0.3 is 0 Å². The minimum Gasteiger partial charge on any atom is -0.457 e. The second-order valence-corrected chi connectivity index (χ2v) is 9.16. The van der Waals surface area contributed by atoms with E-state index in [1.54, 1.807) is 24.3 Å². The lowest BCUT2D eigenvalue weighted by atomic mass is 10.2. The molecule has 0 bridgehead atoms. The first-order chi connectivity index (χ1) is 14.1. The van der Waals surface area contributed by atoms with E-state index in [1.807, 2.05) is 0 Å². The van der Waals surface area contributed by atoms with Crippen LogP contribution in [0.15, 0.2) is 76.5 Å². The Morgan fingerprint density at radius 1 is 0.733 bits per heavy atom. The van der Waals surface area contributed by atoms with Crippen LogP contribution in [-0.2, 0) is 20.2 Å². The number of aromatic amines is 1. The average Bonchev–Trinajstić information content (AvgIpc) is 3.11. The smallest absolute Gasteiger partial charge is 0.294 e. The molecule has 0 atom stereocenters. The minimum absolute atomic E-state index is 0.228. The van der Waals surface area contributed by atoms with Crippen LogP contribution in [0.25, 0.3) is 22.4 Å². The Bertz CT molecular complexity index is 1440. The predicted molar refractivity (Wildman–Crippen MR) is 108 cm³/mol. The lowest BCUT2D eigenvalue weighted by Crippen LogP contribution is -1.97. The highest BCUT2D eigenvalue weighted by Crippen LogP contribution is 2.27. The standard InChI is InChI=1S/C19H14N2O7S2/c22-29(23,24)15-7-5-14(6-8-15)28-13-3-1-12(2-4-13)19-20-17-10-9-16(30(25,26)27)11-18(17)21-19/h1-11H,(H,20,21)(H,22,23,24)(H,25,26,27). The normalized spacial score (nSPS) is 12.2. The second-order valence-electron chi connectivity index (χ2n) is 6.31. The molecule has 0 spiro atoms. The molecule has 0 radical (unpaired) electrons. The van der Waals surface area contributed by atoms with Gasteiger partial charge in [-0.2, -0.15) is 16.8 Å². The summed E-state index contributed by atoms with van der Waals surface area (Å²) in [6, 6.07) is 16.2. The van der Waals surface area contributed by atoms with Gasteiger partial charge < -0.3 is 9.72 Å². The fraction of sp³-hybridized carbons (Fsp3) is 0. The van der Waals surface area contributed by atoms with Gasteiger partial charge in [-0.15, -0.1) is 0 Å². The summed E-state index contributed by atoms with van der Waals surface area (Å²) < 4.78 is 68.5. The van der Waals surface area contributed by atoms with Crippen molar-refractivity contribution in [2.75, 3.05) is 0 Å². The molecule has 4 rings (SSSR count). The van der Waals surface area contributed by atoms with Crippen molar-refractivity contribution < 1.29 is 30.7 Å². The summed E-state index contributed by atoms with van der Waals surface area (Å²) in [5, 5.41) is 0. The number of benzene rings is 3. The highest BCUT2D eigenvalue weighted by Gasteiger charge is 2.13. The van der Waals surface area contributed by atoms with Gasteiger partial charge in [-0.05, 0) is 66.7 Å². The Morgan fingerprint density at radius 2 is 1.27 bits per heavy atom. The Labute approximate surface area is 171 Å². The third-order valence-electron chi connectivity index (χ3n) is 4.24. The SMILES string of the molecule is O=S(=O)(O)c1ccc(Oc2ccc(-c3nc4ccc(S(=O)(=O)O)cc4[nH]3)cc2)cc1. The number of nitrogens with zero attached hydrogens (tertiary/aromatic N) is 1. The second kappa shape index (κ2) is 7.22. The van der Waals surface area contributed by atoms with Crippen molar-refractivity contribution in [2.45, 2.75) is 9.79 Å². The molecule has 3 aromatic carbocycles. The van der Waals surface area contributed by atoms with Gasteiger partial charge in [-0.25, -0.2) is 4.98 Å². The van der Waals surface area contributed by atoms with Crippen molar-refractivity contribution in [2.24, 2.45) is 0 Å². The van der Waals surface area contributed by atoms with Crippen molar-refractivity contribution in [1.82, 2.24) is 9.97 Å². The Balaban J connectivity index is 1.56. The van der Waals surface area contributed by atoms with Gasteiger partial charge in [-0.3, -0.25) is 9.11 Å². The van der Waals surface area contributed by atoms with Crippen LogP contribution >= 0.6 is 0 Å². The monoisotopic (exact) mass is 446 g/mol. The first kappa shape index (κ1) is 20.0. The van der Waals surface area contributed by atoms with E-state index in [-0.39, 0.29) is 9.79 Å². The number of aromatic nitrogens is 2. The van der Waals surface area contributed by atoms with Crippen LogP contribution in [0, 0.1) is 0 Å². The van der Waals surface area contributed by atoms with E-state index in [4.69, 9.17) is 13.8 Å². The van der Waals surface area contributed by atoms with Gasteiger partial charge in [0.1, 0.15) is 17.3 Å². The molecular formula is C19H14N2O7S2. The van der Waals surface area contributed by atoms with Gasteiger partial charge in [-0.1, -0.05) is 0 Å². The molecule has 4 aromatic rings. The number of hydrogen-bond acceptors (Lipinski definition) is 6. The quantitative estimate of drug-likeness (QED) is 0.395. The molecule has 0 fully saturated rings. The molecule has 11 heteroatoms. The third kappa shape index (κ3) is 4.19. The van der Waals surface area contributed by atoms with E-state index in [2.05, 4.69) is 9.97 Å². The van der Waals surface area contributed by atoms with Crippen LogP contribution in [0.1, 0.15) is 0 Å². The molecule has 3 N–H and O–H groups in total. The average molecular weight is 446 g/mol. The lowest BCUT2D eigenvalue weighted by Gasteiger charge is -2.06. The summed E-state index contributed by atoms with van der Waals surface area (Å²) in [4.78, 5) is 6.95. The topological polar surface area (TPSA) is 147 Å². The summed E-state index contributed by atoms with van der Waals surface area (Å²) in [5.41, 5.74) is 1.71. The van der Waals surface area contributed by atoms with Crippen LogP contribution < -0.4 is 4.74 Å². The number of hydrogen-bond donors (Lipinski definition) is 3. The predicted octanol–water partition coefficient (Wildman–Crippen LogP) is 3.52. The molecule has 9 nitrogen and oxygen atoms in total. The largest absolute Gasteiger partial charge is 0.457 e. The van der Waals surface area contributed by atoms with Crippen LogP contribution in [-0.4, -0.2) is 35.9 Å². The maximum atomic E-state index is 11.3. The van der Waals surface area contributed by atoms with Crippen LogP contribution in [0.3, 0.4) is 0 Å². The molecule has 0 amide bonds. The van der Waals surface area contributed by atoms with Crippen molar-refractivity contribution in [1.29, 1.82) is 0 Å². The molecule has 1 aromatic heterocycles. The van der Waals surface area contributed by atoms with Crippen LogP contribution in [0.5, 0.6) is 11.5 Å². The Morgan fingerprint density at radius 3 is 1.83 bits per heavy atom. The number of fused-ring (bicyclic) bond motifs is 1. The van der Waals surface area contributed by atoms with Gasteiger partial charge in [0, 0.05) is 5.56 Å². The first-order valence-electron chi connectivity index (χ1n) is 8.43. The van der Waals surface area contributed by atoms with Gasteiger partial charge in [0.15, 0.2) is 0 Å². The highest BCUT2D eigenvalue weighted by molar-refractivity contribution is 7.86. The van der Waals surface area contributed by atoms with Crippen molar-refractivity contribution >= 4 is 31.3 Å². The zero-order valence-corrected chi connectivity index (χ0v) is 16.7. The number of rotatable bonds is 5. The van der Waals surface area contributed by atoms with E-state index in [9.17, 15) is 16.8 Å². The van der Waals surface area contributed by atoms with Crippen LogP contribution in [0.2, 0.25) is 0 Å². The van der Waals surface area contributed by atoms with Crippen LogP contribution in [0.4, 0.5) is 0 Å². The molecule has 0 unspecified atom stereocenters. The van der Waals surface area contributed by atoms with Crippen molar-refractivity contribution in [3.05, 3.63) is 66.7 Å². The van der Waals surface area contributed by atoms with Crippen molar-refractivity contribution in [3.8, 4) is 22.9 Å². The van der Waals surface area contributed by atoms with E-state index in [1.165, 1.54) is 42.5 Å². The number of ether oxygens (including phenoxy) is 1. The van der Waals surface area contributed by atoms with Gasteiger partial charge in [0.25, 0.3) is 20.2 Å². The summed E-state index contributed by atoms with van der Waals surface area (Å²) in [5.74, 6) is 1.38. The Hall–Kier alpha value is -3.25. The number of H-pyrrole nitrogens is 1. The lowest BCUT2D eigenvalue weighted by molar-refractivity contribution is 0.477. The van der Waals surface area contributed by atoms with E-state index in [0.717, 1.165) is 0 Å². The highest BCUT2D eigenvalue weighted by atomic mass is 32.2. The van der Waals surface area contributed by atoms with E-state index >= 15 is 0 Å². The molecule has 0 aliphatic carbocycles. The number of imidazole rings is 1. The molecule has 0 saturated carbocycles. The molecule has 1 heterocycles. The van der Waals surface area contributed by atoms with E-state index < -0.39 is 20.2 Å². The van der Waals surface area contributed by atoms with E-state index in [0.29, 0.717) is 33.9 Å². The summed E-state index contributed by atoms with van der Waals surface area (Å²) in [6.07, 6.45) is 0. The molecule has 30 heavy (non-hydrogen) atoms. The van der Waals surface area contributed by atoms with Gasteiger partial charge in [0.2, 0.25) is 0 Å². The molecule has 0 saturated heterocycles. The zero-order chi connectivity index (χ0) is 21.5. The molecule has 154 valence electrons. The van der Waals surface area contributed by atoms with Gasteiger partial charge in [0.05, 0.1) is 20.8 Å². The first-order valence-corrected chi connectivity index (χ1v) is 11.3. The maximum absolute atomic E-state index is 11.3. The summed E-state index contributed by atoms with van der Waals surface area (Å²) >= 11 is 0. The molecule has 0 aliphatic rings. The minimum atomic E-state index is -4.31. The number of nitrogens with one attached hydrogen (secondary N) is 1. The maximum Gasteiger partial charge on any atom is 0.294 e. The fourth-order valence-corrected chi connectivity index (χ4v) is 3.77. The summed E-state index contributed by atoms with van der Waals surface area (Å²) in [6.45, 7) is 0. The summed E-state index contributed by atoms with van der Waals surface area (Å²) in [7, 11) is -8.57. The fourth-order valence-electron chi connectivity index (χ4n) is 2.78. The Kier molecular flexibility index (Phi) is 4.82. The zero-order valence-electron chi connectivity index (χ0n) is 15.1. The molecule has 0 aliphatic heterocycles. The van der Waals surface area contributed by atoms with Crippen molar-refractivity contribution in [3.63, 3.8) is 0 Å². The molecular weight excluding hydrogens is 432 g/mol.